The molecule has 4 aromatic rings. The Kier molecular flexibility index (Phi) is 5.65. The van der Waals surface area contributed by atoms with Crippen LogP contribution >= 0.6 is 23.8 Å². The van der Waals surface area contributed by atoms with E-state index in [0.717, 1.165) is 5.56 Å². The van der Waals surface area contributed by atoms with Crippen LogP contribution in [0.25, 0.3) is 22.6 Å². The van der Waals surface area contributed by atoms with Crippen molar-refractivity contribution in [3.8, 4) is 17.2 Å². The minimum Gasteiger partial charge on any atom is -0.497 e. The monoisotopic (exact) mass is 437 g/mol. The van der Waals surface area contributed by atoms with Gasteiger partial charge < -0.3 is 14.5 Å². The first-order valence-corrected chi connectivity index (χ1v) is 9.73. The van der Waals surface area contributed by atoms with Gasteiger partial charge in [-0.1, -0.05) is 23.7 Å². The molecule has 0 atom stereocenters. The van der Waals surface area contributed by atoms with E-state index in [1.165, 1.54) is 0 Å². The standard InChI is InChI=1S/C22H16ClN3O3S/c1-28-17-8-9-19-18(12-17)25-21(29-19)14-5-3-7-16(11-14)24-22(30)26-20(27)13-4-2-6-15(23)10-13/h2-12H,1H3,(H2,24,26,27,30). The molecule has 4 rings (SSSR count). The van der Waals surface area contributed by atoms with E-state index < -0.39 is 0 Å². The summed E-state index contributed by atoms with van der Waals surface area (Å²) >= 11 is 11.2. The van der Waals surface area contributed by atoms with Crippen molar-refractivity contribution in [2.24, 2.45) is 0 Å². The minimum absolute atomic E-state index is 0.166. The molecule has 0 unspecified atom stereocenters. The van der Waals surface area contributed by atoms with Crippen LogP contribution in [-0.2, 0) is 0 Å². The maximum absolute atomic E-state index is 12.3. The number of carbonyl (C=O) groups is 1. The molecule has 0 fully saturated rings. The van der Waals surface area contributed by atoms with Crippen molar-refractivity contribution in [2.75, 3.05) is 12.4 Å². The van der Waals surface area contributed by atoms with Crippen molar-refractivity contribution in [1.82, 2.24) is 10.3 Å². The van der Waals surface area contributed by atoms with E-state index in [4.69, 9.17) is 33.0 Å². The van der Waals surface area contributed by atoms with Crippen molar-refractivity contribution < 1.29 is 13.9 Å². The second-order valence-electron chi connectivity index (χ2n) is 6.35. The number of nitrogens with one attached hydrogen (secondary N) is 2. The molecular formula is C22H16ClN3O3S. The fraction of sp³-hybridized carbons (Fsp3) is 0.0455. The zero-order valence-corrected chi connectivity index (χ0v) is 17.4. The van der Waals surface area contributed by atoms with E-state index in [1.54, 1.807) is 31.4 Å². The topological polar surface area (TPSA) is 76.4 Å². The summed E-state index contributed by atoms with van der Waals surface area (Å²) in [6, 6.07) is 19.4. The number of rotatable bonds is 4. The van der Waals surface area contributed by atoms with Gasteiger partial charge in [0.1, 0.15) is 11.3 Å². The third-order valence-corrected chi connectivity index (χ3v) is 4.72. The van der Waals surface area contributed by atoms with Crippen LogP contribution in [0, 0.1) is 0 Å². The quantitative estimate of drug-likeness (QED) is 0.423. The van der Waals surface area contributed by atoms with Crippen LogP contribution in [0.15, 0.2) is 71.1 Å². The summed E-state index contributed by atoms with van der Waals surface area (Å²) in [5.74, 6) is 0.827. The molecule has 1 amide bonds. The number of thiocarbonyl (C=S) groups is 1. The molecule has 0 aliphatic rings. The summed E-state index contributed by atoms with van der Waals surface area (Å²) in [4.78, 5) is 16.8. The number of hydrogen-bond donors (Lipinski definition) is 2. The molecule has 6 nitrogen and oxygen atoms in total. The van der Waals surface area contributed by atoms with E-state index in [-0.39, 0.29) is 11.0 Å². The number of oxazole rings is 1. The fourth-order valence-electron chi connectivity index (χ4n) is 2.86. The lowest BCUT2D eigenvalue weighted by Crippen LogP contribution is -2.34. The highest BCUT2D eigenvalue weighted by Crippen LogP contribution is 2.28. The predicted molar refractivity (Wildman–Crippen MR) is 121 cm³/mol. The second-order valence-corrected chi connectivity index (χ2v) is 7.20. The van der Waals surface area contributed by atoms with Crippen molar-refractivity contribution >= 4 is 51.6 Å². The van der Waals surface area contributed by atoms with Crippen molar-refractivity contribution in [3.05, 3.63) is 77.3 Å². The summed E-state index contributed by atoms with van der Waals surface area (Å²) < 4.78 is 11.1. The van der Waals surface area contributed by atoms with Crippen LogP contribution < -0.4 is 15.4 Å². The zero-order chi connectivity index (χ0) is 21.1. The summed E-state index contributed by atoms with van der Waals surface area (Å²) in [5.41, 5.74) is 3.23. The molecule has 1 aromatic heterocycles. The molecule has 0 spiro atoms. The summed E-state index contributed by atoms with van der Waals surface area (Å²) in [6.07, 6.45) is 0. The molecule has 0 radical (unpaired) electrons. The van der Waals surface area contributed by atoms with Gasteiger partial charge in [-0.3, -0.25) is 10.1 Å². The van der Waals surface area contributed by atoms with Gasteiger partial charge in [0.25, 0.3) is 5.91 Å². The third-order valence-electron chi connectivity index (χ3n) is 4.28. The Morgan fingerprint density at radius 2 is 1.93 bits per heavy atom. The number of hydrogen-bond acceptors (Lipinski definition) is 5. The predicted octanol–water partition coefficient (Wildman–Crippen LogP) is 5.28. The number of ether oxygens (including phenoxy) is 1. The molecule has 0 saturated heterocycles. The third kappa shape index (κ3) is 4.42. The molecule has 150 valence electrons. The number of aromatic nitrogens is 1. The van der Waals surface area contributed by atoms with Crippen molar-refractivity contribution in [2.45, 2.75) is 0 Å². The SMILES string of the molecule is COc1ccc2oc(-c3cccc(NC(=S)NC(=O)c4cccc(Cl)c4)c3)nc2c1. The fourth-order valence-corrected chi connectivity index (χ4v) is 3.26. The van der Waals surface area contributed by atoms with Crippen LogP contribution in [0.5, 0.6) is 5.75 Å². The zero-order valence-electron chi connectivity index (χ0n) is 15.8. The maximum atomic E-state index is 12.3. The molecular weight excluding hydrogens is 422 g/mol. The van der Waals surface area contributed by atoms with E-state index >= 15 is 0 Å². The van der Waals surface area contributed by atoms with Gasteiger partial charge in [-0.25, -0.2) is 4.98 Å². The molecule has 0 aliphatic carbocycles. The van der Waals surface area contributed by atoms with Gasteiger partial charge in [0.2, 0.25) is 5.89 Å². The van der Waals surface area contributed by atoms with Crippen molar-refractivity contribution in [1.29, 1.82) is 0 Å². The Morgan fingerprint density at radius 1 is 1.10 bits per heavy atom. The molecule has 30 heavy (non-hydrogen) atoms. The van der Waals surface area contributed by atoms with E-state index in [0.29, 0.717) is 39.0 Å². The van der Waals surface area contributed by atoms with E-state index in [2.05, 4.69) is 15.6 Å². The average Bonchev–Trinajstić information content (AvgIpc) is 3.17. The highest BCUT2D eigenvalue weighted by molar-refractivity contribution is 7.80. The average molecular weight is 438 g/mol. The molecule has 0 bridgehead atoms. The summed E-state index contributed by atoms with van der Waals surface area (Å²) in [5, 5.41) is 6.27. The molecule has 2 N–H and O–H groups in total. The lowest BCUT2D eigenvalue weighted by atomic mass is 10.2. The number of nitrogens with zero attached hydrogens (tertiary/aromatic N) is 1. The first-order valence-electron chi connectivity index (χ1n) is 8.95. The first-order chi connectivity index (χ1) is 14.5. The van der Waals surface area contributed by atoms with Gasteiger partial charge in [-0.05, 0) is 60.7 Å². The van der Waals surface area contributed by atoms with Gasteiger partial charge in [0.05, 0.1) is 7.11 Å². The summed E-state index contributed by atoms with van der Waals surface area (Å²) in [7, 11) is 1.60. The molecule has 3 aromatic carbocycles. The van der Waals surface area contributed by atoms with Crippen molar-refractivity contribution in [3.63, 3.8) is 0 Å². The Morgan fingerprint density at radius 3 is 2.73 bits per heavy atom. The van der Waals surface area contributed by atoms with E-state index in [1.807, 2.05) is 42.5 Å². The number of amides is 1. The highest BCUT2D eigenvalue weighted by Gasteiger charge is 2.11. The number of halogens is 1. The van der Waals surface area contributed by atoms with Crippen LogP contribution in [0.3, 0.4) is 0 Å². The van der Waals surface area contributed by atoms with Gasteiger partial charge in [0, 0.05) is 27.9 Å². The van der Waals surface area contributed by atoms with Crippen LogP contribution in [0.2, 0.25) is 5.02 Å². The van der Waals surface area contributed by atoms with Gasteiger partial charge >= 0.3 is 0 Å². The number of fused-ring (bicyclic) bond motifs is 1. The molecule has 1 heterocycles. The smallest absolute Gasteiger partial charge is 0.257 e. The molecule has 0 aliphatic heterocycles. The first kappa shape index (κ1) is 19.9. The van der Waals surface area contributed by atoms with Gasteiger partial charge in [0.15, 0.2) is 10.7 Å². The number of benzene rings is 3. The Labute approximate surface area is 182 Å². The van der Waals surface area contributed by atoms with Crippen LogP contribution in [0.1, 0.15) is 10.4 Å². The maximum Gasteiger partial charge on any atom is 0.257 e. The number of carbonyl (C=O) groups excluding carboxylic acids is 1. The van der Waals surface area contributed by atoms with Gasteiger partial charge in [-0.2, -0.15) is 0 Å². The molecule has 0 saturated carbocycles. The van der Waals surface area contributed by atoms with E-state index in [9.17, 15) is 4.79 Å². The normalized spacial score (nSPS) is 10.6. The molecule has 8 heteroatoms. The number of methoxy groups -OCH3 is 1. The lowest BCUT2D eigenvalue weighted by molar-refractivity contribution is 0.0977. The lowest BCUT2D eigenvalue weighted by Gasteiger charge is -2.10. The Hall–Kier alpha value is -3.42. The Balaban J connectivity index is 1.49. The number of anilines is 1. The van der Waals surface area contributed by atoms with Crippen LogP contribution in [0.4, 0.5) is 5.69 Å². The van der Waals surface area contributed by atoms with Crippen LogP contribution in [-0.4, -0.2) is 23.1 Å². The Bertz CT molecular complexity index is 1260. The highest BCUT2D eigenvalue weighted by atomic mass is 35.5. The minimum atomic E-state index is -0.348. The largest absolute Gasteiger partial charge is 0.497 e. The summed E-state index contributed by atoms with van der Waals surface area (Å²) in [6.45, 7) is 0. The van der Waals surface area contributed by atoms with Gasteiger partial charge in [-0.15, -0.1) is 0 Å². The second kappa shape index (κ2) is 8.52.